The van der Waals surface area contributed by atoms with Gasteiger partial charge in [-0.15, -0.1) is 6.58 Å². The fourth-order valence-electron chi connectivity index (χ4n) is 2.34. The molecule has 0 radical (unpaired) electrons. The molecule has 3 rings (SSSR count). The lowest BCUT2D eigenvalue weighted by Gasteiger charge is -2.10. The zero-order chi connectivity index (χ0) is 18.8. The zero-order valence-corrected chi connectivity index (χ0v) is 15.7. The lowest BCUT2D eigenvalue weighted by Crippen LogP contribution is -2.27. The van der Waals surface area contributed by atoms with E-state index >= 15 is 0 Å². The van der Waals surface area contributed by atoms with Crippen LogP contribution in [0.5, 0.6) is 0 Å². The number of carbonyl (C=O) groups excluding carboxylic acids is 1. The molecule has 132 valence electrons. The second kappa shape index (κ2) is 7.49. The maximum atomic E-state index is 12.3. The Bertz CT molecular complexity index is 964. The van der Waals surface area contributed by atoms with Gasteiger partial charge in [0.2, 0.25) is 0 Å². The summed E-state index contributed by atoms with van der Waals surface area (Å²) in [6, 6.07) is 8.01. The number of hydrogen-bond acceptors (Lipinski definition) is 5. The van der Waals surface area contributed by atoms with E-state index in [4.69, 9.17) is 33.3 Å². The van der Waals surface area contributed by atoms with Crippen LogP contribution in [0, 0.1) is 0 Å². The third kappa shape index (κ3) is 3.60. The van der Waals surface area contributed by atoms with Crippen LogP contribution in [-0.4, -0.2) is 32.7 Å². The van der Waals surface area contributed by atoms with Gasteiger partial charge in [-0.05, 0) is 30.3 Å². The highest BCUT2D eigenvalue weighted by Gasteiger charge is 2.31. The summed E-state index contributed by atoms with van der Waals surface area (Å²) in [5, 5.41) is 9.32. The minimum absolute atomic E-state index is 0.00702. The molecule has 1 aromatic carbocycles. The molecule has 1 aromatic heterocycles. The molecule has 0 spiro atoms. The second-order valence-electron chi connectivity index (χ2n) is 5.28. The predicted octanol–water partition coefficient (Wildman–Crippen LogP) is 4.69. The molecule has 0 atom stereocenters. The number of furan rings is 1. The molecule has 2 heterocycles. The van der Waals surface area contributed by atoms with Crippen molar-refractivity contribution in [3.05, 3.63) is 64.2 Å². The number of amides is 1. The van der Waals surface area contributed by atoms with Crippen molar-refractivity contribution in [2.75, 3.05) is 6.54 Å². The Kier molecular flexibility index (Phi) is 5.31. The summed E-state index contributed by atoms with van der Waals surface area (Å²) >= 11 is 12.3. The number of nitrogens with zero attached hydrogens (tertiary/aromatic N) is 1. The van der Waals surface area contributed by atoms with Gasteiger partial charge in [-0.2, -0.15) is 0 Å². The van der Waals surface area contributed by atoms with Crippen LogP contribution >= 0.6 is 35.6 Å². The van der Waals surface area contributed by atoms with E-state index in [0.717, 1.165) is 0 Å². The number of rotatable bonds is 5. The van der Waals surface area contributed by atoms with Crippen LogP contribution in [-0.2, 0) is 4.79 Å². The first-order valence-electron chi connectivity index (χ1n) is 7.40. The highest BCUT2D eigenvalue weighted by Crippen LogP contribution is 2.34. The maximum Gasteiger partial charge on any atom is 0.337 e. The first kappa shape index (κ1) is 18.4. The number of carbonyl (C=O) groups is 2. The number of halogens is 1. The molecule has 5 nitrogen and oxygen atoms in total. The maximum absolute atomic E-state index is 12.3. The van der Waals surface area contributed by atoms with E-state index in [0.29, 0.717) is 32.9 Å². The molecule has 2 aromatic rings. The Morgan fingerprint density at radius 3 is 2.85 bits per heavy atom. The van der Waals surface area contributed by atoms with E-state index in [9.17, 15) is 9.59 Å². The second-order valence-corrected chi connectivity index (χ2v) is 7.37. The summed E-state index contributed by atoms with van der Waals surface area (Å²) in [6.07, 6.45) is 3.22. The number of hydrogen-bond donors (Lipinski definition) is 1. The largest absolute Gasteiger partial charge is 0.478 e. The van der Waals surface area contributed by atoms with Gasteiger partial charge in [0.1, 0.15) is 15.8 Å². The molecule has 1 fully saturated rings. The summed E-state index contributed by atoms with van der Waals surface area (Å²) < 4.78 is 6.19. The van der Waals surface area contributed by atoms with Gasteiger partial charge < -0.3 is 9.52 Å². The van der Waals surface area contributed by atoms with Crippen molar-refractivity contribution in [3.63, 3.8) is 0 Å². The summed E-state index contributed by atoms with van der Waals surface area (Å²) in [4.78, 5) is 25.4. The van der Waals surface area contributed by atoms with Gasteiger partial charge in [-0.1, -0.05) is 41.7 Å². The lowest BCUT2D eigenvalue weighted by molar-refractivity contribution is -0.121. The monoisotopic (exact) mass is 405 g/mol. The van der Waals surface area contributed by atoms with Crippen molar-refractivity contribution in [2.45, 2.75) is 0 Å². The van der Waals surface area contributed by atoms with Crippen molar-refractivity contribution in [1.82, 2.24) is 4.90 Å². The van der Waals surface area contributed by atoms with Crippen LogP contribution in [0.25, 0.3) is 17.4 Å². The Balaban J connectivity index is 1.88. The molecule has 0 bridgehead atoms. The highest BCUT2D eigenvalue weighted by atomic mass is 35.5. The van der Waals surface area contributed by atoms with Crippen LogP contribution in [0.1, 0.15) is 16.1 Å². The van der Waals surface area contributed by atoms with E-state index in [1.807, 2.05) is 0 Å². The molecular formula is C18H12ClNO4S2. The van der Waals surface area contributed by atoms with Gasteiger partial charge >= 0.3 is 5.97 Å². The minimum atomic E-state index is -1.12. The molecule has 1 amide bonds. The van der Waals surface area contributed by atoms with Gasteiger partial charge in [0.15, 0.2) is 0 Å². The van der Waals surface area contributed by atoms with Crippen LogP contribution in [0.15, 0.2) is 52.3 Å². The fourth-order valence-corrected chi connectivity index (χ4v) is 3.80. The molecule has 1 N–H and O–H groups in total. The highest BCUT2D eigenvalue weighted by molar-refractivity contribution is 8.26. The lowest BCUT2D eigenvalue weighted by atomic mass is 10.1. The van der Waals surface area contributed by atoms with Gasteiger partial charge in [0.25, 0.3) is 5.91 Å². The smallest absolute Gasteiger partial charge is 0.337 e. The van der Waals surface area contributed by atoms with E-state index in [1.54, 1.807) is 30.4 Å². The molecule has 26 heavy (non-hydrogen) atoms. The molecule has 1 aliphatic rings. The van der Waals surface area contributed by atoms with Crippen LogP contribution in [0.4, 0.5) is 0 Å². The van der Waals surface area contributed by atoms with E-state index in [1.165, 1.54) is 28.8 Å². The molecule has 1 aliphatic heterocycles. The van der Waals surface area contributed by atoms with Crippen molar-refractivity contribution in [2.24, 2.45) is 0 Å². The van der Waals surface area contributed by atoms with Crippen molar-refractivity contribution in [3.8, 4) is 11.3 Å². The van der Waals surface area contributed by atoms with E-state index < -0.39 is 5.97 Å². The van der Waals surface area contributed by atoms with Crippen molar-refractivity contribution >= 4 is 57.9 Å². The number of thioether (sulfide) groups is 1. The molecule has 8 heteroatoms. The van der Waals surface area contributed by atoms with E-state index in [-0.39, 0.29) is 16.5 Å². The van der Waals surface area contributed by atoms with E-state index in [2.05, 4.69) is 6.58 Å². The number of thiocarbonyl (C=S) groups is 1. The Labute approximate surface area is 163 Å². The fraction of sp³-hybridized carbons (Fsp3) is 0.0556. The van der Waals surface area contributed by atoms with Gasteiger partial charge in [0, 0.05) is 18.2 Å². The molecule has 0 saturated carbocycles. The summed E-state index contributed by atoms with van der Waals surface area (Å²) in [5.74, 6) is -0.380. The molecular weight excluding hydrogens is 394 g/mol. The topological polar surface area (TPSA) is 70.8 Å². The average Bonchev–Trinajstić information content (AvgIpc) is 3.16. The molecule has 1 saturated heterocycles. The van der Waals surface area contributed by atoms with Gasteiger partial charge in [-0.3, -0.25) is 9.69 Å². The number of carboxylic acids is 1. The van der Waals surface area contributed by atoms with Crippen LogP contribution in [0.3, 0.4) is 0 Å². The first-order valence-corrected chi connectivity index (χ1v) is 9.00. The Hall–Kier alpha value is -2.35. The van der Waals surface area contributed by atoms with Gasteiger partial charge in [-0.25, -0.2) is 4.79 Å². The minimum Gasteiger partial charge on any atom is -0.478 e. The third-order valence-electron chi connectivity index (χ3n) is 3.57. The van der Waals surface area contributed by atoms with Crippen LogP contribution in [0.2, 0.25) is 5.02 Å². The van der Waals surface area contributed by atoms with Crippen molar-refractivity contribution < 1.29 is 19.1 Å². The Morgan fingerprint density at radius 2 is 2.15 bits per heavy atom. The Morgan fingerprint density at radius 1 is 1.38 bits per heavy atom. The molecule has 0 aliphatic carbocycles. The summed E-state index contributed by atoms with van der Waals surface area (Å²) in [5.41, 5.74) is 0.568. The first-order chi connectivity index (χ1) is 12.4. The summed E-state index contributed by atoms with van der Waals surface area (Å²) in [7, 11) is 0. The SMILES string of the molecule is C=CCN1C(=O)/C(=C\c2ccc(-c3ccc(Cl)c(C(=O)O)c3)o2)SC1=S. The number of aromatic carboxylic acids is 1. The third-order valence-corrected chi connectivity index (χ3v) is 5.27. The zero-order valence-electron chi connectivity index (χ0n) is 13.3. The van der Waals surface area contributed by atoms with Gasteiger partial charge in [0.05, 0.1) is 15.5 Å². The quantitative estimate of drug-likeness (QED) is 0.442. The molecule has 0 unspecified atom stereocenters. The predicted molar refractivity (Wildman–Crippen MR) is 106 cm³/mol. The standard InChI is InChI=1S/C18H12ClNO4S2/c1-2-7-20-16(21)15(26-18(20)25)9-11-4-6-14(24-11)10-3-5-13(19)12(8-10)17(22)23/h2-6,8-9H,1,7H2,(H,22,23)/b15-9+. The average molecular weight is 406 g/mol. The van der Waals surface area contributed by atoms with Crippen molar-refractivity contribution in [1.29, 1.82) is 0 Å². The number of carboxylic acid groups (broad SMARTS) is 1. The normalized spacial score (nSPS) is 15.7. The van der Waals surface area contributed by atoms with Crippen LogP contribution < -0.4 is 0 Å². The number of benzene rings is 1. The summed E-state index contributed by atoms with van der Waals surface area (Å²) in [6.45, 7) is 3.97.